The molecule has 1 aliphatic carbocycles. The van der Waals surface area contributed by atoms with Crippen molar-refractivity contribution in [3.05, 3.63) is 34.3 Å². The highest BCUT2D eigenvalue weighted by molar-refractivity contribution is 6.31. The number of aliphatic hydroxyl groups is 1. The van der Waals surface area contributed by atoms with E-state index in [4.69, 9.17) is 17.3 Å². The Morgan fingerprint density at radius 1 is 1.33 bits per heavy atom. The van der Waals surface area contributed by atoms with E-state index in [9.17, 15) is 5.11 Å². The quantitative estimate of drug-likeness (QED) is 0.879. The second-order valence-electron chi connectivity index (χ2n) is 5.49. The first-order valence-corrected chi connectivity index (χ1v) is 7.17. The SMILES string of the molecule is CC1CCC(c2ccc(C(O)CN)cc2Cl)CC1. The Kier molecular flexibility index (Phi) is 4.66. The summed E-state index contributed by atoms with van der Waals surface area (Å²) in [6.07, 6.45) is 4.41. The average Bonchev–Trinajstić information content (AvgIpc) is 2.39. The van der Waals surface area contributed by atoms with E-state index in [1.165, 1.54) is 31.2 Å². The van der Waals surface area contributed by atoms with E-state index in [0.29, 0.717) is 5.92 Å². The van der Waals surface area contributed by atoms with Crippen molar-refractivity contribution in [2.45, 2.75) is 44.6 Å². The Bertz CT molecular complexity index is 399. The summed E-state index contributed by atoms with van der Waals surface area (Å²) in [5, 5.41) is 10.5. The molecule has 1 atom stereocenters. The van der Waals surface area contributed by atoms with Crippen molar-refractivity contribution in [3.63, 3.8) is 0 Å². The van der Waals surface area contributed by atoms with E-state index in [2.05, 4.69) is 13.0 Å². The van der Waals surface area contributed by atoms with Gasteiger partial charge >= 0.3 is 0 Å². The molecule has 18 heavy (non-hydrogen) atoms. The van der Waals surface area contributed by atoms with Crippen molar-refractivity contribution in [1.29, 1.82) is 0 Å². The molecular weight excluding hydrogens is 246 g/mol. The molecule has 0 saturated heterocycles. The van der Waals surface area contributed by atoms with Crippen molar-refractivity contribution in [2.24, 2.45) is 11.7 Å². The minimum atomic E-state index is -0.608. The third kappa shape index (κ3) is 3.05. The van der Waals surface area contributed by atoms with Crippen molar-refractivity contribution >= 4 is 11.6 Å². The van der Waals surface area contributed by atoms with Gasteiger partial charge in [0.2, 0.25) is 0 Å². The zero-order valence-electron chi connectivity index (χ0n) is 10.9. The maximum absolute atomic E-state index is 9.71. The van der Waals surface area contributed by atoms with Gasteiger partial charge in [0.1, 0.15) is 0 Å². The summed E-state index contributed by atoms with van der Waals surface area (Å²) < 4.78 is 0. The van der Waals surface area contributed by atoms with Crippen molar-refractivity contribution in [3.8, 4) is 0 Å². The van der Waals surface area contributed by atoms with E-state index in [1.807, 2.05) is 12.1 Å². The molecule has 3 N–H and O–H groups in total. The van der Waals surface area contributed by atoms with Crippen LogP contribution < -0.4 is 5.73 Å². The molecule has 1 aliphatic rings. The summed E-state index contributed by atoms with van der Waals surface area (Å²) in [5.74, 6) is 1.43. The van der Waals surface area contributed by atoms with Crippen LogP contribution >= 0.6 is 11.6 Å². The number of nitrogens with two attached hydrogens (primary N) is 1. The Morgan fingerprint density at radius 2 is 2.00 bits per heavy atom. The number of hydrogen-bond donors (Lipinski definition) is 2. The lowest BCUT2D eigenvalue weighted by atomic mass is 9.79. The van der Waals surface area contributed by atoms with Gasteiger partial charge in [0.25, 0.3) is 0 Å². The van der Waals surface area contributed by atoms with Gasteiger partial charge in [-0.05, 0) is 41.9 Å². The normalized spacial score (nSPS) is 26.0. The van der Waals surface area contributed by atoms with Gasteiger partial charge in [-0.15, -0.1) is 0 Å². The molecule has 0 bridgehead atoms. The molecule has 0 heterocycles. The Hall–Kier alpha value is -0.570. The molecule has 1 aromatic carbocycles. The zero-order valence-corrected chi connectivity index (χ0v) is 11.7. The third-order valence-corrected chi connectivity index (χ3v) is 4.42. The van der Waals surface area contributed by atoms with Crippen LogP contribution in [-0.2, 0) is 0 Å². The summed E-state index contributed by atoms with van der Waals surface area (Å²) in [7, 11) is 0. The second kappa shape index (κ2) is 6.05. The Morgan fingerprint density at radius 3 is 2.56 bits per heavy atom. The molecule has 0 aliphatic heterocycles. The van der Waals surface area contributed by atoms with Crippen LogP contribution in [0.3, 0.4) is 0 Å². The lowest BCUT2D eigenvalue weighted by molar-refractivity contribution is 0.186. The summed E-state index contributed by atoms with van der Waals surface area (Å²) in [6.45, 7) is 2.55. The summed E-state index contributed by atoms with van der Waals surface area (Å²) in [6, 6.07) is 5.89. The van der Waals surface area contributed by atoms with E-state index < -0.39 is 6.10 Å². The van der Waals surface area contributed by atoms with Crippen LogP contribution in [0.5, 0.6) is 0 Å². The first-order valence-electron chi connectivity index (χ1n) is 6.79. The van der Waals surface area contributed by atoms with E-state index in [1.54, 1.807) is 0 Å². The minimum Gasteiger partial charge on any atom is -0.387 e. The standard InChI is InChI=1S/C15H22ClNO/c1-10-2-4-11(5-3-10)13-7-6-12(8-14(13)16)15(18)9-17/h6-8,10-11,15,18H,2-5,9,17H2,1H3. The molecule has 2 rings (SSSR count). The van der Waals surface area contributed by atoms with Gasteiger partial charge in [-0.1, -0.05) is 43.5 Å². The van der Waals surface area contributed by atoms with Crippen LogP contribution in [0.25, 0.3) is 0 Å². The molecule has 0 aromatic heterocycles. The fourth-order valence-electron chi connectivity index (χ4n) is 2.79. The van der Waals surface area contributed by atoms with Gasteiger partial charge in [0, 0.05) is 11.6 Å². The highest BCUT2D eigenvalue weighted by Crippen LogP contribution is 2.38. The Labute approximate surface area is 114 Å². The summed E-state index contributed by atoms with van der Waals surface area (Å²) >= 11 is 6.35. The largest absolute Gasteiger partial charge is 0.387 e. The number of benzene rings is 1. The van der Waals surface area contributed by atoms with Crippen LogP contribution in [-0.4, -0.2) is 11.7 Å². The predicted octanol–water partition coefficient (Wildman–Crippen LogP) is 3.63. The maximum atomic E-state index is 9.71. The number of halogens is 1. The number of hydrogen-bond acceptors (Lipinski definition) is 2. The molecule has 0 radical (unpaired) electrons. The first kappa shape index (κ1) is 13.9. The van der Waals surface area contributed by atoms with Crippen LogP contribution in [0, 0.1) is 5.92 Å². The fourth-order valence-corrected chi connectivity index (χ4v) is 3.13. The molecule has 0 amide bonds. The molecule has 100 valence electrons. The summed E-state index contributed by atoms with van der Waals surface area (Å²) in [4.78, 5) is 0. The smallest absolute Gasteiger partial charge is 0.0912 e. The van der Waals surface area contributed by atoms with Gasteiger partial charge in [0.15, 0.2) is 0 Å². The highest BCUT2D eigenvalue weighted by atomic mass is 35.5. The molecular formula is C15H22ClNO. The van der Waals surface area contributed by atoms with Crippen molar-refractivity contribution in [2.75, 3.05) is 6.54 Å². The summed E-state index contributed by atoms with van der Waals surface area (Å²) in [5.41, 5.74) is 7.51. The maximum Gasteiger partial charge on any atom is 0.0912 e. The molecule has 3 heteroatoms. The van der Waals surface area contributed by atoms with Gasteiger partial charge in [-0.2, -0.15) is 0 Å². The number of aliphatic hydroxyl groups excluding tert-OH is 1. The van der Waals surface area contributed by atoms with Crippen LogP contribution in [0.4, 0.5) is 0 Å². The molecule has 1 saturated carbocycles. The van der Waals surface area contributed by atoms with Gasteiger partial charge < -0.3 is 10.8 Å². The van der Waals surface area contributed by atoms with Gasteiger partial charge in [-0.3, -0.25) is 0 Å². The molecule has 2 nitrogen and oxygen atoms in total. The second-order valence-corrected chi connectivity index (χ2v) is 5.90. The van der Waals surface area contributed by atoms with E-state index in [0.717, 1.165) is 16.5 Å². The molecule has 1 unspecified atom stereocenters. The Balaban J connectivity index is 2.14. The molecule has 0 spiro atoms. The molecule has 1 aromatic rings. The van der Waals surface area contributed by atoms with Crippen molar-refractivity contribution in [1.82, 2.24) is 0 Å². The van der Waals surface area contributed by atoms with E-state index in [-0.39, 0.29) is 6.54 Å². The van der Waals surface area contributed by atoms with Gasteiger partial charge in [-0.25, -0.2) is 0 Å². The third-order valence-electron chi connectivity index (χ3n) is 4.09. The van der Waals surface area contributed by atoms with Gasteiger partial charge in [0.05, 0.1) is 6.10 Å². The van der Waals surface area contributed by atoms with Crippen molar-refractivity contribution < 1.29 is 5.11 Å². The van der Waals surface area contributed by atoms with Crippen LogP contribution in [0.15, 0.2) is 18.2 Å². The predicted molar refractivity (Wildman–Crippen MR) is 75.8 cm³/mol. The zero-order chi connectivity index (χ0) is 13.1. The van der Waals surface area contributed by atoms with E-state index >= 15 is 0 Å². The first-order chi connectivity index (χ1) is 8.61. The van der Waals surface area contributed by atoms with Crippen LogP contribution in [0.2, 0.25) is 5.02 Å². The molecule has 1 fully saturated rings. The lowest BCUT2D eigenvalue weighted by Crippen LogP contribution is -2.13. The lowest BCUT2D eigenvalue weighted by Gasteiger charge is -2.27. The van der Waals surface area contributed by atoms with Crippen LogP contribution in [0.1, 0.15) is 55.8 Å². The topological polar surface area (TPSA) is 46.2 Å². The highest BCUT2D eigenvalue weighted by Gasteiger charge is 2.22. The fraction of sp³-hybridized carbons (Fsp3) is 0.600. The number of rotatable bonds is 3. The monoisotopic (exact) mass is 267 g/mol. The minimum absolute atomic E-state index is 0.233. The average molecular weight is 268 g/mol.